The fraction of sp³-hybridized carbons (Fsp3) is 0.550. The molecule has 1 fully saturated rings. The normalized spacial score (nSPS) is 18.8. The van der Waals surface area contributed by atoms with Crippen LogP contribution in [-0.4, -0.2) is 38.2 Å². The minimum atomic E-state index is 0.0476. The Balaban J connectivity index is 1.56. The highest BCUT2D eigenvalue weighted by Gasteiger charge is 2.34. The quantitative estimate of drug-likeness (QED) is 0.853. The van der Waals surface area contributed by atoms with E-state index in [1.54, 1.807) is 17.1 Å². The third-order valence-electron chi connectivity index (χ3n) is 6.00. The Kier molecular flexibility index (Phi) is 5.19. The van der Waals surface area contributed by atoms with Gasteiger partial charge in [-0.1, -0.05) is 43.7 Å². The SMILES string of the molecule is Cn1ncc(Cl)c1-c1cc2c(cn1)C(=O)N([C@H](CN)CC1CCCCC1)C2. The number of amides is 1. The molecule has 1 saturated carbocycles. The molecule has 2 aromatic rings. The van der Waals surface area contributed by atoms with E-state index in [1.807, 2.05) is 18.0 Å². The average Bonchev–Trinajstić information content (AvgIpc) is 3.19. The number of halogens is 1. The second kappa shape index (κ2) is 7.60. The standard InChI is InChI=1S/C20H26ClN5O/c1-25-19(17(21)11-24-25)18-8-14-12-26(20(27)16(14)10-23-18)15(9-22)7-13-5-3-2-4-6-13/h8,10-11,13,15H,2-7,9,12,22H2,1H3/t15-/m0/s1. The summed E-state index contributed by atoms with van der Waals surface area (Å²) in [5.74, 6) is 0.733. The van der Waals surface area contributed by atoms with Crippen molar-refractivity contribution in [3.8, 4) is 11.4 Å². The van der Waals surface area contributed by atoms with Crippen molar-refractivity contribution in [2.24, 2.45) is 18.7 Å². The van der Waals surface area contributed by atoms with Crippen molar-refractivity contribution in [1.82, 2.24) is 19.7 Å². The number of hydrogen-bond acceptors (Lipinski definition) is 4. The summed E-state index contributed by atoms with van der Waals surface area (Å²) in [6.45, 7) is 1.10. The first kappa shape index (κ1) is 18.4. The van der Waals surface area contributed by atoms with Gasteiger partial charge in [0.1, 0.15) is 5.69 Å². The Morgan fingerprint density at radius 1 is 1.30 bits per heavy atom. The lowest BCUT2D eigenvalue weighted by Crippen LogP contribution is -2.42. The molecule has 0 unspecified atom stereocenters. The summed E-state index contributed by atoms with van der Waals surface area (Å²) in [5.41, 5.74) is 9.25. The molecule has 0 saturated heterocycles. The summed E-state index contributed by atoms with van der Waals surface area (Å²) < 4.78 is 1.71. The van der Waals surface area contributed by atoms with E-state index in [0.717, 1.165) is 23.4 Å². The number of aromatic nitrogens is 3. The zero-order valence-corrected chi connectivity index (χ0v) is 16.5. The maximum absolute atomic E-state index is 13.0. The Morgan fingerprint density at radius 2 is 2.07 bits per heavy atom. The summed E-state index contributed by atoms with van der Waals surface area (Å²) in [6, 6.07) is 2.06. The van der Waals surface area contributed by atoms with E-state index >= 15 is 0 Å². The van der Waals surface area contributed by atoms with Crippen LogP contribution in [0.2, 0.25) is 5.02 Å². The first-order chi connectivity index (χ1) is 13.1. The van der Waals surface area contributed by atoms with Crippen LogP contribution in [0.25, 0.3) is 11.4 Å². The van der Waals surface area contributed by atoms with E-state index in [-0.39, 0.29) is 11.9 Å². The summed E-state index contributed by atoms with van der Waals surface area (Å²) in [4.78, 5) is 19.4. The molecular weight excluding hydrogens is 362 g/mol. The van der Waals surface area contributed by atoms with Gasteiger partial charge in [0.15, 0.2) is 0 Å². The van der Waals surface area contributed by atoms with E-state index < -0.39 is 0 Å². The molecule has 2 aliphatic rings. The molecule has 3 heterocycles. The minimum absolute atomic E-state index is 0.0476. The predicted octanol–water partition coefficient (Wildman–Crippen LogP) is 3.39. The molecule has 0 bridgehead atoms. The zero-order chi connectivity index (χ0) is 19.0. The molecule has 7 heteroatoms. The third-order valence-corrected chi connectivity index (χ3v) is 6.28. The first-order valence-electron chi connectivity index (χ1n) is 9.76. The molecule has 6 nitrogen and oxygen atoms in total. The third kappa shape index (κ3) is 3.48. The van der Waals surface area contributed by atoms with Crippen molar-refractivity contribution < 1.29 is 4.79 Å². The monoisotopic (exact) mass is 387 g/mol. The molecule has 1 atom stereocenters. The lowest BCUT2D eigenvalue weighted by molar-refractivity contribution is 0.0674. The van der Waals surface area contributed by atoms with Crippen LogP contribution in [-0.2, 0) is 13.6 Å². The summed E-state index contributed by atoms with van der Waals surface area (Å²) in [7, 11) is 1.84. The number of nitrogens with two attached hydrogens (primary N) is 1. The summed E-state index contributed by atoms with van der Waals surface area (Å²) in [6.07, 6.45) is 10.7. The van der Waals surface area contributed by atoms with Crippen molar-refractivity contribution in [2.75, 3.05) is 6.54 Å². The van der Waals surface area contributed by atoms with Crippen molar-refractivity contribution >= 4 is 17.5 Å². The fourth-order valence-corrected chi connectivity index (χ4v) is 4.77. The minimum Gasteiger partial charge on any atom is -0.330 e. The number of fused-ring (bicyclic) bond motifs is 1. The highest BCUT2D eigenvalue weighted by atomic mass is 35.5. The van der Waals surface area contributed by atoms with Crippen LogP contribution >= 0.6 is 11.6 Å². The highest BCUT2D eigenvalue weighted by Crippen LogP contribution is 2.33. The Bertz CT molecular complexity index is 823. The van der Waals surface area contributed by atoms with Crippen LogP contribution in [0.5, 0.6) is 0 Å². The summed E-state index contributed by atoms with van der Waals surface area (Å²) in [5, 5.41) is 4.73. The predicted molar refractivity (Wildman–Crippen MR) is 105 cm³/mol. The second-order valence-corrected chi connectivity index (χ2v) is 8.16. The molecule has 27 heavy (non-hydrogen) atoms. The number of nitrogens with zero attached hydrogens (tertiary/aromatic N) is 4. The molecule has 0 radical (unpaired) electrons. The maximum atomic E-state index is 13.0. The number of rotatable bonds is 5. The van der Waals surface area contributed by atoms with Crippen molar-refractivity contribution in [3.05, 3.63) is 34.6 Å². The molecule has 1 aliphatic carbocycles. The molecular formula is C20H26ClN5O. The van der Waals surface area contributed by atoms with E-state index in [1.165, 1.54) is 32.1 Å². The van der Waals surface area contributed by atoms with Gasteiger partial charge >= 0.3 is 0 Å². The second-order valence-electron chi connectivity index (χ2n) is 7.75. The molecule has 1 aliphatic heterocycles. The molecule has 2 N–H and O–H groups in total. The lowest BCUT2D eigenvalue weighted by Gasteiger charge is -2.31. The summed E-state index contributed by atoms with van der Waals surface area (Å²) >= 11 is 6.25. The zero-order valence-electron chi connectivity index (χ0n) is 15.7. The average molecular weight is 388 g/mol. The molecule has 2 aromatic heterocycles. The van der Waals surface area contributed by atoms with Gasteiger partial charge in [0.2, 0.25) is 0 Å². The Labute approximate surface area is 164 Å². The molecule has 0 spiro atoms. The van der Waals surface area contributed by atoms with Crippen molar-refractivity contribution in [2.45, 2.75) is 51.1 Å². The van der Waals surface area contributed by atoms with Crippen LogP contribution < -0.4 is 5.73 Å². The van der Waals surface area contributed by atoms with Gasteiger partial charge in [0, 0.05) is 32.4 Å². The smallest absolute Gasteiger partial charge is 0.256 e. The number of carbonyl (C=O) groups is 1. The van der Waals surface area contributed by atoms with E-state index in [4.69, 9.17) is 17.3 Å². The molecule has 1 amide bonds. The Hall–Kier alpha value is -1.92. The van der Waals surface area contributed by atoms with Gasteiger partial charge < -0.3 is 10.6 Å². The molecule has 0 aromatic carbocycles. The number of pyridine rings is 1. The largest absolute Gasteiger partial charge is 0.330 e. The highest BCUT2D eigenvalue weighted by molar-refractivity contribution is 6.32. The molecule has 144 valence electrons. The molecule has 4 rings (SSSR count). The van der Waals surface area contributed by atoms with E-state index in [2.05, 4.69) is 10.1 Å². The van der Waals surface area contributed by atoms with E-state index in [0.29, 0.717) is 29.6 Å². The van der Waals surface area contributed by atoms with Crippen LogP contribution in [0, 0.1) is 5.92 Å². The van der Waals surface area contributed by atoms with E-state index in [9.17, 15) is 4.79 Å². The van der Waals surface area contributed by atoms with Gasteiger partial charge in [-0.25, -0.2) is 0 Å². The number of hydrogen-bond donors (Lipinski definition) is 1. The first-order valence-corrected chi connectivity index (χ1v) is 10.1. The van der Waals surface area contributed by atoms with Gasteiger partial charge in [-0.2, -0.15) is 5.10 Å². The van der Waals surface area contributed by atoms with Crippen LogP contribution in [0.15, 0.2) is 18.5 Å². The number of carbonyl (C=O) groups excluding carboxylic acids is 1. The topological polar surface area (TPSA) is 77.0 Å². The van der Waals surface area contributed by atoms with Crippen molar-refractivity contribution in [3.63, 3.8) is 0 Å². The fourth-order valence-electron chi connectivity index (χ4n) is 4.51. The number of aryl methyl sites for hydroxylation is 1. The van der Waals surface area contributed by atoms with Crippen LogP contribution in [0.4, 0.5) is 0 Å². The van der Waals surface area contributed by atoms with Gasteiger partial charge in [-0.3, -0.25) is 14.5 Å². The van der Waals surface area contributed by atoms with Gasteiger partial charge in [-0.05, 0) is 24.0 Å². The van der Waals surface area contributed by atoms with Gasteiger partial charge in [0.05, 0.1) is 22.5 Å². The van der Waals surface area contributed by atoms with Gasteiger partial charge in [-0.15, -0.1) is 0 Å². The lowest BCUT2D eigenvalue weighted by atomic mass is 9.84. The maximum Gasteiger partial charge on any atom is 0.256 e. The van der Waals surface area contributed by atoms with Crippen LogP contribution in [0.1, 0.15) is 54.4 Å². The van der Waals surface area contributed by atoms with Gasteiger partial charge in [0.25, 0.3) is 5.91 Å². The van der Waals surface area contributed by atoms with Crippen LogP contribution in [0.3, 0.4) is 0 Å². The Morgan fingerprint density at radius 3 is 2.74 bits per heavy atom. The van der Waals surface area contributed by atoms with Crippen molar-refractivity contribution in [1.29, 1.82) is 0 Å².